The fourth-order valence-corrected chi connectivity index (χ4v) is 3.70. The zero-order valence-corrected chi connectivity index (χ0v) is 15.9. The van der Waals surface area contributed by atoms with Crippen LogP contribution in [0, 0.1) is 5.92 Å². The van der Waals surface area contributed by atoms with Gasteiger partial charge in [0.2, 0.25) is 5.95 Å². The molecule has 0 unspecified atom stereocenters. The van der Waals surface area contributed by atoms with Crippen LogP contribution in [-0.2, 0) is 0 Å². The number of rotatable bonds is 3. The standard InChI is InChI=1S/C17H23Cl2N3O3/c1-17(2,3)21-16-20-11-5-9(18)10(19)6-12(11)22(16)13-4-8(7-23)14(24)15(13)25/h5-6,8,13-15,23-25H,4,7H2,1-3H3,(H,20,21)/t8-,13-,14-,15+/m1/s1. The Morgan fingerprint density at radius 2 is 1.84 bits per heavy atom. The zero-order valence-electron chi connectivity index (χ0n) is 14.4. The van der Waals surface area contributed by atoms with E-state index in [0.29, 0.717) is 27.9 Å². The van der Waals surface area contributed by atoms with Crippen molar-refractivity contribution >= 4 is 40.2 Å². The summed E-state index contributed by atoms with van der Waals surface area (Å²) in [6, 6.07) is 2.97. The number of fused-ring (bicyclic) bond motifs is 1. The summed E-state index contributed by atoms with van der Waals surface area (Å²) >= 11 is 12.3. The molecule has 0 aliphatic heterocycles. The first-order chi connectivity index (χ1) is 11.6. The SMILES string of the molecule is CC(C)(C)Nc1nc2cc(Cl)c(Cl)cc2n1[C@@H]1C[C@H](CO)[C@@H](O)[C@H]1O. The Hall–Kier alpha value is -1.05. The van der Waals surface area contributed by atoms with Gasteiger partial charge in [-0.1, -0.05) is 23.2 Å². The van der Waals surface area contributed by atoms with Gasteiger partial charge in [-0.3, -0.25) is 0 Å². The largest absolute Gasteiger partial charge is 0.396 e. The first kappa shape index (κ1) is 18.7. The lowest BCUT2D eigenvalue weighted by atomic mass is 10.1. The van der Waals surface area contributed by atoms with E-state index in [0.717, 1.165) is 5.52 Å². The lowest BCUT2D eigenvalue weighted by molar-refractivity contribution is -0.00347. The van der Waals surface area contributed by atoms with Crippen LogP contribution in [0.2, 0.25) is 10.0 Å². The minimum absolute atomic E-state index is 0.185. The van der Waals surface area contributed by atoms with E-state index in [2.05, 4.69) is 10.3 Å². The van der Waals surface area contributed by atoms with E-state index in [4.69, 9.17) is 23.2 Å². The lowest BCUT2D eigenvalue weighted by Gasteiger charge is -2.26. The van der Waals surface area contributed by atoms with Gasteiger partial charge in [0.1, 0.15) is 6.10 Å². The highest BCUT2D eigenvalue weighted by molar-refractivity contribution is 6.42. The van der Waals surface area contributed by atoms with Crippen molar-refractivity contribution in [3.63, 3.8) is 0 Å². The van der Waals surface area contributed by atoms with E-state index >= 15 is 0 Å². The topological polar surface area (TPSA) is 90.5 Å². The van der Waals surface area contributed by atoms with Crippen molar-refractivity contribution in [2.24, 2.45) is 5.92 Å². The molecule has 8 heteroatoms. The molecule has 3 rings (SSSR count). The second kappa shape index (κ2) is 6.59. The third-order valence-corrected chi connectivity index (χ3v) is 5.28. The first-order valence-electron chi connectivity index (χ1n) is 8.24. The average molecular weight is 388 g/mol. The van der Waals surface area contributed by atoms with Gasteiger partial charge in [0.05, 0.1) is 33.2 Å². The number of anilines is 1. The molecule has 0 bridgehead atoms. The molecule has 0 spiro atoms. The third-order valence-electron chi connectivity index (χ3n) is 4.56. The normalized spacial score (nSPS) is 27.2. The molecule has 1 aromatic carbocycles. The molecule has 1 aliphatic carbocycles. The number of hydrogen-bond donors (Lipinski definition) is 4. The molecule has 1 saturated carbocycles. The van der Waals surface area contributed by atoms with Crippen LogP contribution >= 0.6 is 23.2 Å². The van der Waals surface area contributed by atoms with E-state index < -0.39 is 18.2 Å². The first-order valence-corrected chi connectivity index (χ1v) is 9.00. The predicted molar refractivity (Wildman–Crippen MR) is 99.4 cm³/mol. The van der Waals surface area contributed by atoms with Gasteiger partial charge in [0, 0.05) is 18.1 Å². The molecule has 6 nitrogen and oxygen atoms in total. The lowest BCUT2D eigenvalue weighted by Crippen LogP contribution is -2.32. The molecule has 2 aromatic rings. The van der Waals surface area contributed by atoms with Gasteiger partial charge in [-0.25, -0.2) is 4.98 Å². The molecule has 4 N–H and O–H groups in total. The summed E-state index contributed by atoms with van der Waals surface area (Å²) in [7, 11) is 0. The Morgan fingerprint density at radius 1 is 1.20 bits per heavy atom. The summed E-state index contributed by atoms with van der Waals surface area (Å²) in [6.07, 6.45) is -1.56. The van der Waals surface area contributed by atoms with Crippen molar-refractivity contribution in [2.45, 2.75) is 51.0 Å². The summed E-state index contributed by atoms with van der Waals surface area (Å²) in [6.45, 7) is 5.84. The zero-order chi connectivity index (χ0) is 18.5. The Kier molecular flexibility index (Phi) is 4.94. The molecule has 25 heavy (non-hydrogen) atoms. The molecular weight excluding hydrogens is 365 g/mol. The summed E-state index contributed by atoms with van der Waals surface area (Å²) in [5, 5.41) is 34.3. The van der Waals surface area contributed by atoms with Crippen LogP contribution in [-0.4, -0.2) is 49.2 Å². The van der Waals surface area contributed by atoms with Crippen molar-refractivity contribution < 1.29 is 15.3 Å². The molecule has 1 aromatic heterocycles. The number of benzene rings is 1. The fourth-order valence-electron chi connectivity index (χ4n) is 3.39. The van der Waals surface area contributed by atoms with Gasteiger partial charge in [-0.2, -0.15) is 0 Å². The van der Waals surface area contributed by atoms with Crippen LogP contribution in [0.4, 0.5) is 5.95 Å². The highest BCUT2D eigenvalue weighted by Crippen LogP contribution is 2.41. The Balaban J connectivity index is 2.17. The smallest absolute Gasteiger partial charge is 0.204 e. The molecule has 1 heterocycles. The van der Waals surface area contributed by atoms with E-state index in [-0.39, 0.29) is 18.1 Å². The minimum atomic E-state index is -1.01. The highest BCUT2D eigenvalue weighted by atomic mass is 35.5. The van der Waals surface area contributed by atoms with Crippen molar-refractivity contribution in [1.82, 2.24) is 9.55 Å². The molecule has 1 aliphatic rings. The number of aromatic nitrogens is 2. The maximum absolute atomic E-state index is 10.5. The summed E-state index contributed by atoms with van der Waals surface area (Å²) in [5.74, 6) is 0.179. The second-order valence-electron chi connectivity index (χ2n) is 7.66. The highest BCUT2D eigenvalue weighted by Gasteiger charge is 2.43. The maximum atomic E-state index is 10.5. The monoisotopic (exact) mass is 387 g/mol. The number of nitrogens with zero attached hydrogens (tertiary/aromatic N) is 2. The number of imidazole rings is 1. The number of aliphatic hydroxyl groups is 3. The van der Waals surface area contributed by atoms with Crippen LogP contribution < -0.4 is 5.32 Å². The van der Waals surface area contributed by atoms with Gasteiger partial charge in [-0.15, -0.1) is 0 Å². The van der Waals surface area contributed by atoms with Crippen molar-refractivity contribution in [2.75, 3.05) is 11.9 Å². The van der Waals surface area contributed by atoms with Gasteiger partial charge in [0.25, 0.3) is 0 Å². The van der Waals surface area contributed by atoms with Crippen LogP contribution in [0.25, 0.3) is 11.0 Å². The van der Waals surface area contributed by atoms with E-state index in [1.165, 1.54) is 0 Å². The van der Waals surface area contributed by atoms with Gasteiger partial charge in [0.15, 0.2) is 0 Å². The predicted octanol–water partition coefficient (Wildman–Crippen LogP) is 2.83. The number of aliphatic hydroxyl groups excluding tert-OH is 3. The van der Waals surface area contributed by atoms with E-state index in [1.807, 2.05) is 25.3 Å². The summed E-state index contributed by atoms with van der Waals surface area (Å²) < 4.78 is 1.85. The molecular formula is C17H23Cl2N3O3. The van der Waals surface area contributed by atoms with Crippen molar-refractivity contribution in [1.29, 1.82) is 0 Å². The molecule has 1 fully saturated rings. The maximum Gasteiger partial charge on any atom is 0.204 e. The Labute approximate surface area is 156 Å². The number of halogens is 2. The average Bonchev–Trinajstić information content (AvgIpc) is 2.96. The fraction of sp³-hybridized carbons (Fsp3) is 0.588. The molecule has 4 atom stereocenters. The van der Waals surface area contributed by atoms with Gasteiger partial charge < -0.3 is 25.2 Å². The van der Waals surface area contributed by atoms with E-state index in [9.17, 15) is 15.3 Å². The van der Waals surface area contributed by atoms with Crippen LogP contribution in [0.5, 0.6) is 0 Å². The third kappa shape index (κ3) is 3.46. The summed E-state index contributed by atoms with van der Waals surface area (Å²) in [5.41, 5.74) is 1.11. The van der Waals surface area contributed by atoms with Crippen molar-refractivity contribution in [3.05, 3.63) is 22.2 Å². The van der Waals surface area contributed by atoms with Crippen LogP contribution in [0.3, 0.4) is 0 Å². The second-order valence-corrected chi connectivity index (χ2v) is 8.48. The summed E-state index contributed by atoms with van der Waals surface area (Å²) in [4.78, 5) is 4.61. The van der Waals surface area contributed by atoms with Crippen LogP contribution in [0.1, 0.15) is 33.2 Å². The van der Waals surface area contributed by atoms with Gasteiger partial charge >= 0.3 is 0 Å². The molecule has 0 saturated heterocycles. The van der Waals surface area contributed by atoms with Crippen molar-refractivity contribution in [3.8, 4) is 0 Å². The van der Waals surface area contributed by atoms with Crippen LogP contribution in [0.15, 0.2) is 12.1 Å². The molecule has 0 amide bonds. The Bertz CT molecular complexity index is 788. The minimum Gasteiger partial charge on any atom is -0.396 e. The van der Waals surface area contributed by atoms with Gasteiger partial charge in [-0.05, 0) is 39.3 Å². The molecule has 0 radical (unpaired) electrons. The number of nitrogens with one attached hydrogen (secondary N) is 1. The van der Waals surface area contributed by atoms with E-state index in [1.54, 1.807) is 12.1 Å². The molecule has 138 valence electrons. The quantitative estimate of drug-likeness (QED) is 0.649. The Morgan fingerprint density at radius 3 is 2.40 bits per heavy atom. The number of hydrogen-bond acceptors (Lipinski definition) is 5.